The molecule has 1 rings (SSSR count). The zero-order chi connectivity index (χ0) is 16.3. The SMILES string of the molecule is C=CC[C@H]1CN(C(=O)OC(C)(C)C)CC1(N=[N+]=[N-])C(=O)O. The van der Waals surface area contributed by atoms with Crippen molar-refractivity contribution in [2.24, 2.45) is 11.0 Å². The number of carboxylic acids is 1. The highest BCUT2D eigenvalue weighted by molar-refractivity contribution is 5.82. The Labute approximate surface area is 123 Å². The molecule has 0 aliphatic carbocycles. The first kappa shape index (κ1) is 16.8. The van der Waals surface area contributed by atoms with Gasteiger partial charge in [-0.15, -0.1) is 6.58 Å². The fourth-order valence-electron chi connectivity index (χ4n) is 2.32. The van der Waals surface area contributed by atoms with Gasteiger partial charge in [0.05, 0.1) is 0 Å². The minimum Gasteiger partial charge on any atom is -0.481 e. The molecule has 0 spiro atoms. The van der Waals surface area contributed by atoms with Gasteiger partial charge in [-0.05, 0) is 32.7 Å². The third-order valence-electron chi connectivity index (χ3n) is 3.24. The standard InChI is InChI=1S/C13H20N4O4/c1-5-6-9-7-17(11(20)21-12(2,3)4)8-13(9,10(18)19)15-16-14/h5,9H,1,6-8H2,2-4H3,(H,18,19)/t9-,13?/m0/s1. The minimum absolute atomic E-state index is 0.145. The van der Waals surface area contributed by atoms with Crippen LogP contribution >= 0.6 is 0 Å². The molecule has 1 aliphatic rings. The number of hydrogen-bond acceptors (Lipinski definition) is 4. The molecule has 2 atom stereocenters. The molecule has 0 saturated carbocycles. The molecule has 0 aromatic carbocycles. The Kier molecular flexibility index (Phi) is 4.85. The van der Waals surface area contributed by atoms with Crippen molar-refractivity contribution in [2.75, 3.05) is 13.1 Å². The van der Waals surface area contributed by atoms with Gasteiger partial charge in [0.15, 0.2) is 5.54 Å². The van der Waals surface area contributed by atoms with Crippen LogP contribution in [-0.4, -0.2) is 46.3 Å². The lowest BCUT2D eigenvalue weighted by atomic mass is 9.85. The van der Waals surface area contributed by atoms with E-state index in [2.05, 4.69) is 16.6 Å². The van der Waals surface area contributed by atoms with E-state index in [0.717, 1.165) is 0 Å². The summed E-state index contributed by atoms with van der Waals surface area (Å²) in [5.41, 5.74) is 6.31. The van der Waals surface area contributed by atoms with E-state index in [-0.39, 0.29) is 13.1 Å². The molecule has 21 heavy (non-hydrogen) atoms. The summed E-state index contributed by atoms with van der Waals surface area (Å²) < 4.78 is 5.23. The number of carbonyl (C=O) groups excluding carboxylic acids is 1. The number of ether oxygens (including phenoxy) is 1. The van der Waals surface area contributed by atoms with E-state index < -0.39 is 29.1 Å². The number of aliphatic carboxylic acids is 1. The van der Waals surface area contributed by atoms with Crippen LogP contribution in [0.1, 0.15) is 27.2 Å². The van der Waals surface area contributed by atoms with Gasteiger partial charge in [-0.2, -0.15) is 0 Å². The fourth-order valence-corrected chi connectivity index (χ4v) is 2.32. The summed E-state index contributed by atoms with van der Waals surface area (Å²) in [7, 11) is 0. The Morgan fingerprint density at radius 1 is 1.62 bits per heavy atom. The molecule has 1 unspecified atom stereocenters. The maximum Gasteiger partial charge on any atom is 0.410 e. The van der Waals surface area contributed by atoms with Crippen LogP contribution in [0.4, 0.5) is 4.79 Å². The van der Waals surface area contributed by atoms with E-state index in [1.54, 1.807) is 26.8 Å². The number of allylic oxidation sites excluding steroid dienone is 1. The molecule has 1 aliphatic heterocycles. The van der Waals surface area contributed by atoms with Crippen LogP contribution in [-0.2, 0) is 9.53 Å². The second-order valence-electron chi connectivity index (χ2n) is 6.00. The first-order valence-corrected chi connectivity index (χ1v) is 6.54. The molecule has 116 valence electrons. The summed E-state index contributed by atoms with van der Waals surface area (Å²) in [4.78, 5) is 27.6. The van der Waals surface area contributed by atoms with Gasteiger partial charge in [-0.3, -0.25) is 4.79 Å². The Hall–Kier alpha value is -2.21. The smallest absolute Gasteiger partial charge is 0.410 e. The zero-order valence-corrected chi connectivity index (χ0v) is 12.4. The average molecular weight is 296 g/mol. The van der Waals surface area contributed by atoms with Crippen molar-refractivity contribution in [3.63, 3.8) is 0 Å². The largest absolute Gasteiger partial charge is 0.481 e. The van der Waals surface area contributed by atoms with Crippen molar-refractivity contribution in [3.8, 4) is 0 Å². The maximum absolute atomic E-state index is 12.1. The predicted molar refractivity (Wildman–Crippen MR) is 75.6 cm³/mol. The summed E-state index contributed by atoms with van der Waals surface area (Å²) in [5, 5.41) is 12.9. The lowest BCUT2D eigenvalue weighted by molar-refractivity contribution is -0.144. The van der Waals surface area contributed by atoms with Gasteiger partial charge >= 0.3 is 12.1 Å². The van der Waals surface area contributed by atoms with Crippen molar-refractivity contribution in [1.29, 1.82) is 0 Å². The van der Waals surface area contributed by atoms with Crippen LogP contribution in [0.3, 0.4) is 0 Å². The molecule has 1 fully saturated rings. The Morgan fingerprint density at radius 3 is 2.67 bits per heavy atom. The third-order valence-corrected chi connectivity index (χ3v) is 3.24. The van der Waals surface area contributed by atoms with Gasteiger partial charge in [-0.1, -0.05) is 11.2 Å². The summed E-state index contributed by atoms with van der Waals surface area (Å²) in [5.74, 6) is -1.78. The van der Waals surface area contributed by atoms with Gasteiger partial charge in [0.25, 0.3) is 0 Å². The number of azide groups is 1. The zero-order valence-electron chi connectivity index (χ0n) is 12.4. The highest BCUT2D eigenvalue weighted by Crippen LogP contribution is 2.35. The van der Waals surface area contributed by atoms with Crippen molar-refractivity contribution in [2.45, 2.75) is 38.3 Å². The monoisotopic (exact) mass is 296 g/mol. The van der Waals surface area contributed by atoms with Crippen LogP contribution in [0.15, 0.2) is 17.8 Å². The molecule has 1 saturated heterocycles. The topological polar surface area (TPSA) is 116 Å². The summed E-state index contributed by atoms with van der Waals surface area (Å²) in [6.45, 7) is 8.68. The van der Waals surface area contributed by atoms with Gasteiger partial charge in [0.2, 0.25) is 0 Å². The lowest BCUT2D eigenvalue weighted by Gasteiger charge is -2.25. The van der Waals surface area contributed by atoms with E-state index in [1.807, 2.05) is 0 Å². The second kappa shape index (κ2) is 6.05. The third kappa shape index (κ3) is 3.66. The van der Waals surface area contributed by atoms with Crippen LogP contribution < -0.4 is 0 Å². The van der Waals surface area contributed by atoms with Gasteiger partial charge in [-0.25, -0.2) is 4.79 Å². The Morgan fingerprint density at radius 2 is 2.24 bits per heavy atom. The van der Waals surface area contributed by atoms with Gasteiger partial charge in [0, 0.05) is 23.9 Å². The average Bonchev–Trinajstić information content (AvgIpc) is 2.69. The number of likely N-dealkylation sites (tertiary alicyclic amines) is 1. The first-order chi connectivity index (χ1) is 9.66. The number of hydrogen-bond donors (Lipinski definition) is 1. The molecular weight excluding hydrogens is 276 g/mol. The van der Waals surface area contributed by atoms with Gasteiger partial charge < -0.3 is 14.7 Å². The molecular formula is C13H20N4O4. The molecule has 0 radical (unpaired) electrons. The first-order valence-electron chi connectivity index (χ1n) is 6.54. The highest BCUT2D eigenvalue weighted by Gasteiger charge is 2.53. The van der Waals surface area contributed by atoms with E-state index in [0.29, 0.717) is 6.42 Å². The van der Waals surface area contributed by atoms with Crippen LogP contribution in [0, 0.1) is 5.92 Å². The van der Waals surface area contributed by atoms with Crippen molar-refractivity contribution in [1.82, 2.24) is 4.90 Å². The molecule has 1 heterocycles. The summed E-state index contributed by atoms with van der Waals surface area (Å²) in [6.07, 6.45) is 1.26. The molecule has 1 N–H and O–H groups in total. The van der Waals surface area contributed by atoms with Gasteiger partial charge in [0.1, 0.15) is 5.60 Å². The van der Waals surface area contributed by atoms with E-state index in [1.165, 1.54) is 4.90 Å². The molecule has 8 heteroatoms. The lowest BCUT2D eigenvalue weighted by Crippen LogP contribution is -2.45. The maximum atomic E-state index is 12.1. The van der Waals surface area contributed by atoms with Crippen molar-refractivity contribution in [3.05, 3.63) is 23.1 Å². The molecule has 0 aromatic rings. The second-order valence-corrected chi connectivity index (χ2v) is 6.00. The van der Waals surface area contributed by atoms with E-state index >= 15 is 0 Å². The van der Waals surface area contributed by atoms with E-state index in [9.17, 15) is 14.7 Å². The molecule has 0 bridgehead atoms. The predicted octanol–water partition coefficient (Wildman–Crippen LogP) is 2.56. The number of amides is 1. The Balaban J connectivity index is 3.06. The normalized spacial score (nSPS) is 25.1. The Bertz CT molecular complexity index is 489. The molecule has 1 amide bonds. The molecule has 8 nitrogen and oxygen atoms in total. The van der Waals surface area contributed by atoms with E-state index in [4.69, 9.17) is 10.3 Å². The van der Waals surface area contributed by atoms with Crippen LogP contribution in [0.25, 0.3) is 10.4 Å². The van der Waals surface area contributed by atoms with Crippen molar-refractivity contribution < 1.29 is 19.4 Å². The summed E-state index contributed by atoms with van der Waals surface area (Å²) >= 11 is 0. The number of nitrogens with zero attached hydrogens (tertiary/aromatic N) is 4. The fraction of sp³-hybridized carbons (Fsp3) is 0.692. The quantitative estimate of drug-likeness (QED) is 0.371. The van der Waals surface area contributed by atoms with Crippen molar-refractivity contribution >= 4 is 12.1 Å². The summed E-state index contributed by atoms with van der Waals surface area (Å²) in [6, 6.07) is 0. The number of carbonyl (C=O) groups is 2. The number of carboxylic acid groups (broad SMARTS) is 1. The number of rotatable bonds is 4. The molecule has 0 aromatic heterocycles. The highest BCUT2D eigenvalue weighted by atomic mass is 16.6. The minimum atomic E-state index is -1.68. The van der Waals surface area contributed by atoms with Crippen LogP contribution in [0.2, 0.25) is 0 Å². The van der Waals surface area contributed by atoms with Crippen LogP contribution in [0.5, 0.6) is 0 Å².